The molecule has 0 radical (unpaired) electrons. The van der Waals surface area contributed by atoms with Crippen LogP contribution >= 0.6 is 0 Å². The van der Waals surface area contributed by atoms with Gasteiger partial charge in [-0.3, -0.25) is 0 Å². The molecule has 2 saturated heterocycles. The highest BCUT2D eigenvalue weighted by Crippen LogP contribution is 2.29. The zero-order chi connectivity index (χ0) is 24.7. The third-order valence-corrected chi connectivity index (χ3v) is 8.44. The third-order valence-electron chi connectivity index (χ3n) is 8.44. The van der Waals surface area contributed by atoms with Gasteiger partial charge in [0.2, 0.25) is 0 Å². The van der Waals surface area contributed by atoms with Gasteiger partial charge in [-0.2, -0.15) is 0 Å². The van der Waals surface area contributed by atoms with Gasteiger partial charge in [-0.25, -0.2) is 0 Å². The van der Waals surface area contributed by atoms with Crippen LogP contribution in [0.1, 0.15) is 94.6 Å². The van der Waals surface area contributed by atoms with Gasteiger partial charge in [-0.1, -0.05) is 112 Å². The van der Waals surface area contributed by atoms with Crippen LogP contribution in [0.5, 0.6) is 0 Å². The molecule has 1 unspecified atom stereocenters. The molecule has 4 rings (SSSR count). The highest BCUT2D eigenvalue weighted by Gasteiger charge is 2.18. The molecule has 0 aliphatic carbocycles. The van der Waals surface area contributed by atoms with Gasteiger partial charge in [-0.15, -0.1) is 0 Å². The Bertz CT molecular complexity index is 804. The van der Waals surface area contributed by atoms with Crippen LogP contribution in [0.4, 0.5) is 0 Å². The molecule has 2 aromatic rings. The summed E-state index contributed by atoms with van der Waals surface area (Å²) in [7, 11) is 0. The Morgan fingerprint density at radius 2 is 1.31 bits per heavy atom. The molecule has 2 aliphatic heterocycles. The van der Waals surface area contributed by atoms with E-state index in [-0.39, 0.29) is 0 Å². The number of hydrogen-bond donors (Lipinski definition) is 1. The van der Waals surface area contributed by atoms with Crippen molar-refractivity contribution in [3.05, 3.63) is 77.9 Å². The topological polar surface area (TPSA) is 15.3 Å². The minimum absolute atomic E-state index is 0.686. The van der Waals surface area contributed by atoms with Gasteiger partial charge in [0.15, 0.2) is 0 Å². The lowest BCUT2D eigenvalue weighted by atomic mass is 9.89. The molecule has 1 N–H and O–H groups in total. The molecular formula is C34H50N2. The lowest BCUT2D eigenvalue weighted by Crippen LogP contribution is -2.34. The molecule has 2 heteroatoms. The van der Waals surface area contributed by atoms with Gasteiger partial charge in [0.05, 0.1) is 0 Å². The van der Waals surface area contributed by atoms with E-state index in [1.165, 1.54) is 133 Å². The predicted molar refractivity (Wildman–Crippen MR) is 156 cm³/mol. The molecule has 2 aliphatic rings. The van der Waals surface area contributed by atoms with Crippen molar-refractivity contribution < 1.29 is 0 Å². The number of nitrogens with one attached hydrogen (secondary N) is 1. The van der Waals surface area contributed by atoms with E-state index in [1.807, 2.05) is 0 Å². The number of allylic oxidation sites excluding steroid dienone is 1. The zero-order valence-electron chi connectivity index (χ0n) is 22.7. The monoisotopic (exact) mass is 486 g/mol. The Hall–Kier alpha value is -1.90. The number of likely N-dealkylation sites (tertiary alicyclic amines) is 1. The molecule has 0 amide bonds. The molecule has 0 bridgehead atoms. The number of hydrogen-bond acceptors (Lipinski definition) is 2. The summed E-state index contributed by atoms with van der Waals surface area (Å²) in [6.45, 7) is 6.34. The largest absolute Gasteiger partial charge is 0.316 e. The second-order valence-electron chi connectivity index (χ2n) is 11.3. The van der Waals surface area contributed by atoms with Gasteiger partial charge in [-0.05, 0) is 99.8 Å². The maximum absolute atomic E-state index is 3.55. The summed E-state index contributed by atoms with van der Waals surface area (Å²) >= 11 is 0. The Labute approximate surface area is 221 Å². The highest BCUT2D eigenvalue weighted by molar-refractivity contribution is 5.79. The Kier molecular flexibility index (Phi) is 12.1. The van der Waals surface area contributed by atoms with Crippen molar-refractivity contribution in [3.63, 3.8) is 0 Å². The van der Waals surface area contributed by atoms with Crippen LogP contribution in [0.3, 0.4) is 0 Å². The normalized spacial score (nSPS) is 19.3. The number of benzene rings is 2. The summed E-state index contributed by atoms with van der Waals surface area (Å²) in [4.78, 5) is 2.72. The molecule has 1 atom stereocenters. The average Bonchev–Trinajstić information content (AvgIpc) is 2.95. The average molecular weight is 487 g/mol. The molecule has 2 fully saturated rings. The lowest BCUT2D eigenvalue weighted by molar-refractivity contribution is 0.199. The smallest absolute Gasteiger partial charge is 0.00131 e. The number of nitrogens with zero attached hydrogens (tertiary/aromatic N) is 1. The van der Waals surface area contributed by atoms with E-state index in [2.05, 4.69) is 77.0 Å². The maximum Gasteiger partial charge on any atom is -0.00131 e. The first-order valence-corrected chi connectivity index (χ1v) is 15.1. The fourth-order valence-corrected chi connectivity index (χ4v) is 6.17. The summed E-state index contributed by atoms with van der Waals surface area (Å²) in [6, 6.07) is 21.9. The fourth-order valence-electron chi connectivity index (χ4n) is 6.17. The van der Waals surface area contributed by atoms with Crippen molar-refractivity contribution in [3.8, 4) is 0 Å². The van der Waals surface area contributed by atoms with Crippen LogP contribution in [0.2, 0.25) is 0 Å². The summed E-state index contributed by atoms with van der Waals surface area (Å²) in [6.07, 6.45) is 20.9. The van der Waals surface area contributed by atoms with Crippen molar-refractivity contribution >= 4 is 5.57 Å². The maximum atomic E-state index is 3.55. The zero-order valence-corrected chi connectivity index (χ0v) is 22.7. The van der Waals surface area contributed by atoms with E-state index in [0.717, 1.165) is 5.92 Å². The van der Waals surface area contributed by atoms with Gasteiger partial charge < -0.3 is 10.2 Å². The highest BCUT2D eigenvalue weighted by atomic mass is 15.1. The lowest BCUT2D eigenvalue weighted by Gasteiger charge is -2.31. The molecule has 36 heavy (non-hydrogen) atoms. The van der Waals surface area contributed by atoms with E-state index < -0.39 is 0 Å². The molecule has 0 saturated carbocycles. The van der Waals surface area contributed by atoms with E-state index >= 15 is 0 Å². The van der Waals surface area contributed by atoms with Crippen molar-refractivity contribution in [2.75, 3.05) is 32.7 Å². The number of rotatable bonds is 14. The molecule has 2 heterocycles. The molecule has 0 aromatic heterocycles. The van der Waals surface area contributed by atoms with Crippen LogP contribution in [-0.2, 0) is 0 Å². The molecule has 2 nitrogen and oxygen atoms in total. The molecule has 0 spiro atoms. The van der Waals surface area contributed by atoms with Crippen molar-refractivity contribution in [1.82, 2.24) is 10.2 Å². The quantitative estimate of drug-likeness (QED) is 0.270. The molecule has 196 valence electrons. The Balaban J connectivity index is 1.07. The van der Waals surface area contributed by atoms with Crippen LogP contribution in [0.25, 0.3) is 5.57 Å². The SMILES string of the molecule is C(=C(c1ccccc1)c1ccccc1)C1CCN(CCCCCCCCCCC2CCCNC2)CC1. The predicted octanol–water partition coefficient (Wildman–Crippen LogP) is 8.34. The first kappa shape index (κ1) is 27.1. The minimum atomic E-state index is 0.686. The van der Waals surface area contributed by atoms with Crippen molar-refractivity contribution in [2.24, 2.45) is 11.8 Å². The van der Waals surface area contributed by atoms with Crippen molar-refractivity contribution in [1.29, 1.82) is 0 Å². The Morgan fingerprint density at radius 3 is 1.89 bits per heavy atom. The van der Waals surface area contributed by atoms with Gasteiger partial charge in [0.25, 0.3) is 0 Å². The van der Waals surface area contributed by atoms with Crippen molar-refractivity contribution in [2.45, 2.75) is 83.5 Å². The van der Waals surface area contributed by atoms with E-state index in [1.54, 1.807) is 0 Å². The summed E-state index contributed by atoms with van der Waals surface area (Å²) in [5.74, 6) is 1.65. The van der Waals surface area contributed by atoms with Crippen LogP contribution in [0.15, 0.2) is 66.7 Å². The van der Waals surface area contributed by atoms with Gasteiger partial charge in [0, 0.05) is 0 Å². The van der Waals surface area contributed by atoms with Gasteiger partial charge in [0.1, 0.15) is 0 Å². The van der Waals surface area contributed by atoms with Crippen LogP contribution in [0, 0.1) is 11.8 Å². The fraction of sp³-hybridized carbons (Fsp3) is 0.588. The third kappa shape index (κ3) is 9.52. The first-order chi connectivity index (χ1) is 17.9. The summed E-state index contributed by atoms with van der Waals surface area (Å²) in [5, 5.41) is 3.55. The van der Waals surface area contributed by atoms with E-state index in [9.17, 15) is 0 Å². The number of piperidine rings is 2. The number of unbranched alkanes of at least 4 members (excludes halogenated alkanes) is 7. The van der Waals surface area contributed by atoms with Gasteiger partial charge >= 0.3 is 0 Å². The second-order valence-corrected chi connectivity index (χ2v) is 11.3. The van der Waals surface area contributed by atoms with Crippen LogP contribution < -0.4 is 5.32 Å². The van der Waals surface area contributed by atoms with E-state index in [0.29, 0.717) is 5.92 Å². The summed E-state index contributed by atoms with van der Waals surface area (Å²) < 4.78 is 0. The second kappa shape index (κ2) is 16.0. The van der Waals surface area contributed by atoms with E-state index in [4.69, 9.17) is 0 Å². The summed E-state index contributed by atoms with van der Waals surface area (Å²) in [5.41, 5.74) is 4.08. The Morgan fingerprint density at radius 1 is 0.722 bits per heavy atom. The molecular weight excluding hydrogens is 436 g/mol. The standard InChI is InChI=1S/C34H50N2/c1(3-5-9-16-31-17-15-24-35-29-31)2-4-6-14-25-36-26-22-30(23-27-36)28-34(32-18-10-7-11-19-32)33-20-12-8-13-21-33/h7-8,10-13,18-21,28,30-31,35H,1-6,9,14-17,22-27,29H2. The first-order valence-electron chi connectivity index (χ1n) is 15.1. The molecule has 2 aromatic carbocycles. The minimum Gasteiger partial charge on any atom is -0.316 e. The van der Waals surface area contributed by atoms with Crippen LogP contribution in [-0.4, -0.2) is 37.6 Å².